The number of aryl methyl sites for hydroxylation is 1. The molecule has 1 aromatic heterocycles. The molecule has 20 heavy (non-hydrogen) atoms. The molecule has 2 rings (SSSR count). The second kappa shape index (κ2) is 5.34. The smallest absolute Gasteiger partial charge is 0.311 e. The monoisotopic (exact) mass is 277 g/mol. The molecule has 2 aromatic rings. The van der Waals surface area contributed by atoms with Gasteiger partial charge in [0.25, 0.3) is 5.91 Å². The number of para-hydroxylation sites is 1. The minimum atomic E-state index is -0.758. The zero-order valence-electron chi connectivity index (χ0n) is 10.5. The van der Waals surface area contributed by atoms with Crippen molar-refractivity contribution >= 4 is 11.6 Å². The maximum absolute atomic E-state index is 11.9. The first-order valence-electron chi connectivity index (χ1n) is 5.58. The summed E-state index contributed by atoms with van der Waals surface area (Å²) < 4.78 is 1.48. The van der Waals surface area contributed by atoms with E-state index in [1.54, 1.807) is 7.05 Å². The Labute approximate surface area is 113 Å². The number of benzene rings is 1. The number of nitro benzene ring substituents is 1. The SMILES string of the molecule is Cn1cnc(CNC(=O)c2cccc([N+](=O)[O-])c2O)n1. The van der Waals surface area contributed by atoms with Crippen molar-refractivity contribution in [3.8, 4) is 5.75 Å². The highest BCUT2D eigenvalue weighted by molar-refractivity contribution is 5.97. The van der Waals surface area contributed by atoms with Crippen LogP contribution < -0.4 is 5.32 Å². The third kappa shape index (κ3) is 2.71. The van der Waals surface area contributed by atoms with Crippen LogP contribution in [0.4, 0.5) is 5.69 Å². The highest BCUT2D eigenvalue weighted by Crippen LogP contribution is 2.29. The number of aromatic hydroxyl groups is 1. The number of phenols is 1. The lowest BCUT2D eigenvalue weighted by molar-refractivity contribution is -0.385. The zero-order chi connectivity index (χ0) is 14.7. The number of rotatable bonds is 4. The molecule has 0 spiro atoms. The number of nitro groups is 1. The van der Waals surface area contributed by atoms with Gasteiger partial charge in [0.05, 0.1) is 17.0 Å². The Balaban J connectivity index is 2.13. The standard InChI is InChI=1S/C11H11N5O4/c1-15-6-13-9(14-15)5-12-11(18)7-3-2-4-8(10(7)17)16(19)20/h2-4,6,17H,5H2,1H3,(H,12,18). The largest absolute Gasteiger partial charge is 0.502 e. The van der Waals surface area contributed by atoms with E-state index < -0.39 is 22.3 Å². The lowest BCUT2D eigenvalue weighted by atomic mass is 10.1. The van der Waals surface area contributed by atoms with Crippen LogP contribution in [0.15, 0.2) is 24.5 Å². The number of phenolic OH excluding ortho intramolecular Hbond substituents is 1. The predicted molar refractivity (Wildman–Crippen MR) is 66.9 cm³/mol. The molecule has 0 saturated heterocycles. The van der Waals surface area contributed by atoms with E-state index in [-0.39, 0.29) is 12.1 Å². The summed E-state index contributed by atoms with van der Waals surface area (Å²) in [6, 6.07) is 3.74. The Morgan fingerprint density at radius 2 is 2.30 bits per heavy atom. The van der Waals surface area contributed by atoms with Gasteiger partial charge in [-0.25, -0.2) is 4.98 Å². The number of nitrogens with one attached hydrogen (secondary N) is 1. The molecule has 1 aromatic carbocycles. The summed E-state index contributed by atoms with van der Waals surface area (Å²) >= 11 is 0. The Kier molecular flexibility index (Phi) is 3.60. The number of hydrogen-bond donors (Lipinski definition) is 2. The summed E-state index contributed by atoms with van der Waals surface area (Å²) in [7, 11) is 1.69. The first-order chi connectivity index (χ1) is 9.49. The topological polar surface area (TPSA) is 123 Å². The summed E-state index contributed by atoms with van der Waals surface area (Å²) in [6.07, 6.45) is 1.48. The molecule has 9 nitrogen and oxygen atoms in total. The van der Waals surface area contributed by atoms with E-state index in [2.05, 4.69) is 15.4 Å². The van der Waals surface area contributed by atoms with Gasteiger partial charge in [0.15, 0.2) is 5.82 Å². The van der Waals surface area contributed by atoms with Gasteiger partial charge in [-0.2, -0.15) is 5.10 Å². The number of amides is 1. The van der Waals surface area contributed by atoms with Gasteiger partial charge in [-0.1, -0.05) is 6.07 Å². The van der Waals surface area contributed by atoms with E-state index in [4.69, 9.17) is 0 Å². The highest BCUT2D eigenvalue weighted by Gasteiger charge is 2.20. The third-order valence-corrected chi connectivity index (χ3v) is 2.51. The van der Waals surface area contributed by atoms with Crippen LogP contribution >= 0.6 is 0 Å². The summed E-state index contributed by atoms with van der Waals surface area (Å²) in [6.45, 7) is 0.0573. The zero-order valence-corrected chi connectivity index (χ0v) is 10.5. The van der Waals surface area contributed by atoms with Crippen molar-refractivity contribution in [2.45, 2.75) is 6.54 Å². The van der Waals surface area contributed by atoms with Gasteiger partial charge >= 0.3 is 5.69 Å². The van der Waals surface area contributed by atoms with E-state index in [9.17, 15) is 20.0 Å². The van der Waals surface area contributed by atoms with Crippen molar-refractivity contribution in [1.29, 1.82) is 0 Å². The van der Waals surface area contributed by atoms with Crippen LogP contribution in [0, 0.1) is 10.1 Å². The second-order valence-electron chi connectivity index (χ2n) is 3.95. The summed E-state index contributed by atoms with van der Waals surface area (Å²) in [5.41, 5.74) is -0.691. The maximum Gasteiger partial charge on any atom is 0.311 e. The van der Waals surface area contributed by atoms with Crippen molar-refractivity contribution in [2.75, 3.05) is 0 Å². The van der Waals surface area contributed by atoms with E-state index in [0.717, 1.165) is 6.07 Å². The van der Waals surface area contributed by atoms with Crippen LogP contribution in [0.1, 0.15) is 16.2 Å². The molecule has 1 heterocycles. The Morgan fingerprint density at radius 1 is 1.55 bits per heavy atom. The van der Waals surface area contributed by atoms with Crippen LogP contribution in [0.25, 0.3) is 0 Å². The highest BCUT2D eigenvalue weighted by atomic mass is 16.6. The molecule has 0 bridgehead atoms. The van der Waals surface area contributed by atoms with Gasteiger partial charge in [-0.15, -0.1) is 0 Å². The molecular formula is C11H11N5O4. The van der Waals surface area contributed by atoms with Crippen LogP contribution in [-0.4, -0.2) is 30.7 Å². The van der Waals surface area contributed by atoms with Crippen LogP contribution in [0.5, 0.6) is 5.75 Å². The lowest BCUT2D eigenvalue weighted by Crippen LogP contribution is -2.23. The molecule has 0 aliphatic carbocycles. The Morgan fingerprint density at radius 3 is 2.90 bits per heavy atom. The van der Waals surface area contributed by atoms with Crippen molar-refractivity contribution in [3.05, 3.63) is 46.0 Å². The first-order valence-corrected chi connectivity index (χ1v) is 5.58. The van der Waals surface area contributed by atoms with Crippen LogP contribution in [-0.2, 0) is 13.6 Å². The van der Waals surface area contributed by atoms with E-state index in [1.807, 2.05) is 0 Å². The van der Waals surface area contributed by atoms with Gasteiger partial charge in [0.1, 0.15) is 6.33 Å². The summed E-state index contributed by atoms with van der Waals surface area (Å²) in [5.74, 6) is -0.909. The molecule has 0 aliphatic heterocycles. The van der Waals surface area contributed by atoms with Crippen molar-refractivity contribution < 1.29 is 14.8 Å². The fourth-order valence-electron chi connectivity index (χ4n) is 1.58. The van der Waals surface area contributed by atoms with E-state index >= 15 is 0 Å². The van der Waals surface area contributed by atoms with E-state index in [1.165, 1.54) is 23.1 Å². The Bertz CT molecular complexity index is 667. The lowest BCUT2D eigenvalue weighted by Gasteiger charge is -2.05. The van der Waals surface area contributed by atoms with Gasteiger partial charge in [0.2, 0.25) is 5.75 Å². The molecule has 0 atom stereocenters. The second-order valence-corrected chi connectivity index (χ2v) is 3.95. The normalized spacial score (nSPS) is 10.2. The Hall–Kier alpha value is -2.97. The van der Waals surface area contributed by atoms with Gasteiger partial charge < -0.3 is 10.4 Å². The average molecular weight is 277 g/mol. The van der Waals surface area contributed by atoms with Crippen molar-refractivity contribution in [1.82, 2.24) is 20.1 Å². The van der Waals surface area contributed by atoms with Crippen LogP contribution in [0.2, 0.25) is 0 Å². The minimum absolute atomic E-state index is 0.0573. The summed E-state index contributed by atoms with van der Waals surface area (Å²) in [5, 5.41) is 26.8. The molecule has 0 aliphatic rings. The number of carbonyl (C=O) groups is 1. The minimum Gasteiger partial charge on any atom is -0.502 e. The number of hydrogen-bond acceptors (Lipinski definition) is 6. The van der Waals surface area contributed by atoms with Crippen LogP contribution in [0.3, 0.4) is 0 Å². The molecule has 2 N–H and O–H groups in total. The summed E-state index contributed by atoms with van der Waals surface area (Å²) in [4.78, 5) is 25.7. The molecule has 0 fully saturated rings. The van der Waals surface area contributed by atoms with Crippen molar-refractivity contribution in [3.63, 3.8) is 0 Å². The number of carbonyl (C=O) groups excluding carboxylic acids is 1. The molecule has 0 saturated carbocycles. The van der Waals surface area contributed by atoms with Crippen molar-refractivity contribution in [2.24, 2.45) is 7.05 Å². The fraction of sp³-hybridized carbons (Fsp3) is 0.182. The van der Waals surface area contributed by atoms with Gasteiger partial charge in [0, 0.05) is 13.1 Å². The molecule has 9 heteroatoms. The molecular weight excluding hydrogens is 266 g/mol. The van der Waals surface area contributed by atoms with E-state index in [0.29, 0.717) is 5.82 Å². The maximum atomic E-state index is 11.9. The average Bonchev–Trinajstić information content (AvgIpc) is 2.81. The van der Waals surface area contributed by atoms with Gasteiger partial charge in [-0.05, 0) is 6.07 Å². The predicted octanol–water partition coefficient (Wildman–Crippen LogP) is 0.359. The molecule has 1 amide bonds. The first kappa shape index (κ1) is 13.5. The third-order valence-electron chi connectivity index (χ3n) is 2.51. The number of nitrogens with zero attached hydrogens (tertiary/aromatic N) is 4. The molecule has 0 unspecified atom stereocenters. The molecule has 104 valence electrons. The molecule has 0 radical (unpaired) electrons. The quantitative estimate of drug-likeness (QED) is 0.614. The number of aromatic nitrogens is 3. The van der Waals surface area contributed by atoms with Gasteiger partial charge in [-0.3, -0.25) is 19.6 Å². The fourth-order valence-corrected chi connectivity index (χ4v) is 1.58.